The molecule has 1 saturated carbocycles. The Balaban J connectivity index is 2.15. The van der Waals surface area contributed by atoms with E-state index in [-0.39, 0.29) is 15.8 Å². The van der Waals surface area contributed by atoms with Crippen molar-refractivity contribution in [1.82, 2.24) is 4.72 Å². The van der Waals surface area contributed by atoms with Crippen LogP contribution in [0.2, 0.25) is 0 Å². The van der Waals surface area contributed by atoms with Gasteiger partial charge in [-0.1, -0.05) is 12.8 Å². The summed E-state index contributed by atoms with van der Waals surface area (Å²) in [5.41, 5.74) is 0. The van der Waals surface area contributed by atoms with Gasteiger partial charge in [0.05, 0.1) is 4.90 Å². The minimum Gasteiger partial charge on any atom is -0.477 e. The van der Waals surface area contributed by atoms with E-state index in [9.17, 15) is 13.2 Å². The summed E-state index contributed by atoms with van der Waals surface area (Å²) >= 11 is 0.984. The van der Waals surface area contributed by atoms with Gasteiger partial charge >= 0.3 is 5.97 Å². The Hall–Kier alpha value is -0.920. The normalized spacial score (nSPS) is 17.4. The van der Waals surface area contributed by atoms with Crippen LogP contribution < -0.4 is 4.72 Å². The molecule has 0 radical (unpaired) electrons. The topological polar surface area (TPSA) is 83.5 Å². The number of rotatable bonds is 6. The number of carboxylic acids is 1. The molecular weight excluding hydrogens is 286 g/mol. The molecule has 5 nitrogen and oxygen atoms in total. The first-order chi connectivity index (χ1) is 8.79. The highest BCUT2D eigenvalue weighted by atomic mass is 32.2. The van der Waals surface area contributed by atoms with Gasteiger partial charge in [-0.25, -0.2) is 17.9 Å². The highest BCUT2D eigenvalue weighted by molar-refractivity contribution is 7.89. The molecule has 1 aromatic rings. The zero-order valence-electron chi connectivity index (χ0n) is 10.8. The van der Waals surface area contributed by atoms with Crippen LogP contribution in [0.25, 0.3) is 0 Å². The standard InChI is InChI=1S/C12H17NO4S2/c1-7(5-9-3-4-9)13-19(16,17)11-6-10(12(14)15)18-8(11)2/h6-7,9,13H,3-5H2,1-2H3,(H,14,15). The lowest BCUT2D eigenvalue weighted by Crippen LogP contribution is -2.33. The Morgan fingerprint density at radius 2 is 2.21 bits per heavy atom. The predicted molar refractivity (Wildman–Crippen MR) is 73.1 cm³/mol. The van der Waals surface area contributed by atoms with Crippen LogP contribution in [0, 0.1) is 12.8 Å². The van der Waals surface area contributed by atoms with Gasteiger partial charge in [0, 0.05) is 10.9 Å². The van der Waals surface area contributed by atoms with Crippen molar-refractivity contribution in [2.24, 2.45) is 5.92 Å². The van der Waals surface area contributed by atoms with Crippen LogP contribution in [0.1, 0.15) is 40.7 Å². The molecule has 0 aliphatic heterocycles. The van der Waals surface area contributed by atoms with Crippen molar-refractivity contribution in [3.63, 3.8) is 0 Å². The minimum atomic E-state index is -3.62. The summed E-state index contributed by atoms with van der Waals surface area (Å²) in [5, 5.41) is 8.89. The van der Waals surface area contributed by atoms with E-state index in [0.29, 0.717) is 10.8 Å². The molecule has 1 unspecified atom stereocenters. The van der Waals surface area contributed by atoms with Gasteiger partial charge in [-0.2, -0.15) is 0 Å². The van der Waals surface area contributed by atoms with Crippen molar-refractivity contribution < 1.29 is 18.3 Å². The number of sulfonamides is 1. The van der Waals surface area contributed by atoms with E-state index in [1.165, 1.54) is 18.9 Å². The zero-order valence-corrected chi connectivity index (χ0v) is 12.5. The molecule has 0 spiro atoms. The Morgan fingerprint density at radius 1 is 1.58 bits per heavy atom. The number of hydrogen-bond donors (Lipinski definition) is 2. The molecule has 0 saturated heterocycles. The minimum absolute atomic E-state index is 0.0488. The Labute approximate surface area is 116 Å². The van der Waals surface area contributed by atoms with Crippen LogP contribution in [0.5, 0.6) is 0 Å². The summed E-state index contributed by atoms with van der Waals surface area (Å²) < 4.78 is 27.0. The molecule has 0 amide bonds. The lowest BCUT2D eigenvalue weighted by Gasteiger charge is -2.13. The molecular formula is C12H17NO4S2. The maximum absolute atomic E-state index is 12.2. The molecule has 2 rings (SSSR count). The Bertz CT molecular complexity index is 587. The van der Waals surface area contributed by atoms with Gasteiger partial charge in [0.25, 0.3) is 0 Å². The molecule has 0 bridgehead atoms. The second-order valence-corrected chi connectivity index (χ2v) is 7.98. The van der Waals surface area contributed by atoms with Crippen molar-refractivity contribution in [3.05, 3.63) is 15.8 Å². The molecule has 19 heavy (non-hydrogen) atoms. The average molecular weight is 303 g/mol. The largest absolute Gasteiger partial charge is 0.477 e. The van der Waals surface area contributed by atoms with Gasteiger partial charge in [-0.05, 0) is 32.3 Å². The smallest absolute Gasteiger partial charge is 0.345 e. The van der Waals surface area contributed by atoms with Crippen molar-refractivity contribution in [2.45, 2.75) is 44.0 Å². The van der Waals surface area contributed by atoms with E-state index >= 15 is 0 Å². The van der Waals surface area contributed by atoms with Crippen molar-refractivity contribution in [3.8, 4) is 0 Å². The molecule has 1 aromatic heterocycles. The number of thiophene rings is 1. The fourth-order valence-electron chi connectivity index (χ4n) is 2.07. The summed E-state index contributed by atoms with van der Waals surface area (Å²) in [5.74, 6) is -0.462. The lowest BCUT2D eigenvalue weighted by atomic mass is 10.2. The number of carbonyl (C=O) groups is 1. The quantitative estimate of drug-likeness (QED) is 0.844. The monoisotopic (exact) mass is 303 g/mol. The van der Waals surface area contributed by atoms with Crippen LogP contribution in [0.4, 0.5) is 0 Å². The van der Waals surface area contributed by atoms with Gasteiger partial charge in [-0.15, -0.1) is 11.3 Å². The molecule has 7 heteroatoms. The number of carboxylic acid groups (broad SMARTS) is 1. The van der Waals surface area contributed by atoms with Crippen molar-refractivity contribution >= 4 is 27.3 Å². The van der Waals surface area contributed by atoms with Gasteiger partial charge in [-0.3, -0.25) is 0 Å². The van der Waals surface area contributed by atoms with Gasteiger partial charge in [0.15, 0.2) is 0 Å². The summed E-state index contributed by atoms with van der Waals surface area (Å²) in [6, 6.07) is 1.11. The molecule has 1 fully saturated rings. The molecule has 1 heterocycles. The molecule has 1 atom stereocenters. The van der Waals surface area contributed by atoms with Crippen molar-refractivity contribution in [1.29, 1.82) is 0 Å². The van der Waals surface area contributed by atoms with Crippen LogP contribution in [-0.4, -0.2) is 25.5 Å². The molecule has 1 aliphatic carbocycles. The first-order valence-corrected chi connectivity index (χ1v) is 8.45. The Kier molecular flexibility index (Phi) is 3.98. The maximum Gasteiger partial charge on any atom is 0.345 e. The van der Waals surface area contributed by atoms with Crippen LogP contribution in [-0.2, 0) is 10.0 Å². The highest BCUT2D eigenvalue weighted by Gasteiger charge is 2.28. The fourth-order valence-corrected chi connectivity index (χ4v) is 4.75. The third-order valence-electron chi connectivity index (χ3n) is 3.11. The van der Waals surface area contributed by atoms with E-state index in [1.54, 1.807) is 6.92 Å². The maximum atomic E-state index is 12.2. The first kappa shape index (κ1) is 14.5. The van der Waals surface area contributed by atoms with Crippen LogP contribution in [0.15, 0.2) is 11.0 Å². The van der Waals surface area contributed by atoms with E-state index in [0.717, 1.165) is 17.8 Å². The SMILES string of the molecule is Cc1sc(C(=O)O)cc1S(=O)(=O)NC(C)CC1CC1. The van der Waals surface area contributed by atoms with E-state index in [2.05, 4.69) is 4.72 Å². The molecule has 0 aromatic carbocycles. The molecule has 106 valence electrons. The Morgan fingerprint density at radius 3 is 2.68 bits per heavy atom. The zero-order chi connectivity index (χ0) is 14.2. The summed E-state index contributed by atoms with van der Waals surface area (Å²) in [4.78, 5) is 11.5. The molecule has 2 N–H and O–H groups in total. The van der Waals surface area contributed by atoms with E-state index in [1.807, 2.05) is 6.92 Å². The summed E-state index contributed by atoms with van der Waals surface area (Å²) in [6.07, 6.45) is 3.19. The first-order valence-electron chi connectivity index (χ1n) is 6.15. The third kappa shape index (κ3) is 3.55. The van der Waals surface area contributed by atoms with Crippen LogP contribution >= 0.6 is 11.3 Å². The van der Waals surface area contributed by atoms with Crippen molar-refractivity contribution in [2.75, 3.05) is 0 Å². The van der Waals surface area contributed by atoms with Gasteiger partial charge in [0.2, 0.25) is 10.0 Å². The second kappa shape index (κ2) is 5.22. The number of aryl methyl sites for hydroxylation is 1. The second-order valence-electron chi connectivity index (χ2n) is 5.04. The number of hydrogen-bond acceptors (Lipinski definition) is 4. The number of aromatic carboxylic acids is 1. The number of nitrogens with one attached hydrogen (secondary N) is 1. The third-order valence-corrected chi connectivity index (χ3v) is 6.00. The summed E-state index contributed by atoms with van der Waals surface area (Å²) in [7, 11) is -3.62. The van der Waals surface area contributed by atoms with Crippen LogP contribution in [0.3, 0.4) is 0 Å². The molecule has 1 aliphatic rings. The average Bonchev–Trinajstić information content (AvgIpc) is 2.96. The lowest BCUT2D eigenvalue weighted by molar-refractivity contribution is 0.0702. The van der Waals surface area contributed by atoms with Gasteiger partial charge < -0.3 is 5.11 Å². The van der Waals surface area contributed by atoms with E-state index in [4.69, 9.17) is 5.11 Å². The fraction of sp³-hybridized carbons (Fsp3) is 0.583. The highest BCUT2D eigenvalue weighted by Crippen LogP contribution is 2.34. The van der Waals surface area contributed by atoms with E-state index < -0.39 is 16.0 Å². The summed E-state index contributed by atoms with van der Waals surface area (Å²) in [6.45, 7) is 3.47. The van der Waals surface area contributed by atoms with Gasteiger partial charge in [0.1, 0.15) is 4.88 Å². The predicted octanol–water partition coefficient (Wildman–Crippen LogP) is 2.22.